The average Bonchev–Trinajstić information content (AvgIpc) is 2.30. The average molecular weight is 259 g/mol. The molecule has 1 rings (SSSR count). The van der Waals surface area contributed by atoms with Crippen LogP contribution in [0.1, 0.15) is 12.0 Å². The normalized spacial score (nSPS) is 10.1. The minimum absolute atomic E-state index is 0.0231. The first kappa shape index (κ1) is 14.0. The molecule has 7 heteroatoms. The van der Waals surface area contributed by atoms with E-state index in [1.54, 1.807) is 0 Å². The van der Waals surface area contributed by atoms with E-state index in [9.17, 15) is 18.4 Å². The molecule has 0 aromatic heterocycles. The molecule has 1 amide bonds. The summed E-state index contributed by atoms with van der Waals surface area (Å²) in [6.07, 6.45) is 0.171. The van der Waals surface area contributed by atoms with Gasteiger partial charge in [-0.3, -0.25) is 9.63 Å². The number of carboxylic acid groups (broad SMARTS) is 1. The fourth-order valence-electron chi connectivity index (χ4n) is 1.18. The number of amides is 1. The number of hydrogen-bond acceptors (Lipinski definition) is 3. The third-order valence-electron chi connectivity index (χ3n) is 2.01. The van der Waals surface area contributed by atoms with E-state index < -0.39 is 30.1 Å². The van der Waals surface area contributed by atoms with Crippen LogP contribution in [-0.4, -0.2) is 23.6 Å². The van der Waals surface area contributed by atoms with Crippen LogP contribution in [0.25, 0.3) is 0 Å². The summed E-state index contributed by atoms with van der Waals surface area (Å²) in [6.45, 7) is -0.642. The first-order chi connectivity index (χ1) is 8.49. The Bertz CT molecular complexity index is 451. The van der Waals surface area contributed by atoms with Gasteiger partial charge in [-0.05, 0) is 24.1 Å². The number of aliphatic carboxylic acids is 1. The molecular formula is C11H11F2NO4. The number of carbonyl (C=O) groups is 2. The van der Waals surface area contributed by atoms with Crippen LogP contribution in [0.15, 0.2) is 18.2 Å². The maximum absolute atomic E-state index is 12.8. The second-order valence-electron chi connectivity index (χ2n) is 3.46. The third-order valence-corrected chi connectivity index (χ3v) is 2.01. The first-order valence-corrected chi connectivity index (χ1v) is 5.05. The minimum atomic E-state index is -1.21. The lowest BCUT2D eigenvalue weighted by molar-refractivity contribution is -0.149. The summed E-state index contributed by atoms with van der Waals surface area (Å²) in [6, 6.07) is 3.34. The van der Waals surface area contributed by atoms with E-state index in [0.29, 0.717) is 5.56 Å². The van der Waals surface area contributed by atoms with Crippen LogP contribution < -0.4 is 5.48 Å². The summed E-state index contributed by atoms with van der Waals surface area (Å²) >= 11 is 0. The Kier molecular flexibility index (Phi) is 5.19. The van der Waals surface area contributed by atoms with Gasteiger partial charge in [0.1, 0.15) is 0 Å². The summed E-state index contributed by atoms with van der Waals surface area (Å²) in [5.74, 6) is -3.68. The Morgan fingerprint density at radius 3 is 2.61 bits per heavy atom. The van der Waals surface area contributed by atoms with Crippen molar-refractivity contribution in [3.05, 3.63) is 35.4 Å². The molecule has 1 aromatic rings. The van der Waals surface area contributed by atoms with Gasteiger partial charge in [-0.25, -0.2) is 19.1 Å². The molecule has 0 saturated carbocycles. The van der Waals surface area contributed by atoms with Crippen molar-refractivity contribution in [1.29, 1.82) is 0 Å². The van der Waals surface area contributed by atoms with Gasteiger partial charge in [0.25, 0.3) is 0 Å². The molecule has 2 N–H and O–H groups in total. The van der Waals surface area contributed by atoms with Gasteiger partial charge in [-0.1, -0.05) is 6.07 Å². The molecule has 0 heterocycles. The SMILES string of the molecule is O=C(O)CONC(=O)CCc1ccc(F)c(F)c1. The quantitative estimate of drug-likeness (QED) is 0.748. The molecule has 0 fully saturated rings. The van der Waals surface area contributed by atoms with E-state index >= 15 is 0 Å². The number of carboxylic acids is 1. The largest absolute Gasteiger partial charge is 0.479 e. The highest BCUT2D eigenvalue weighted by atomic mass is 19.2. The maximum atomic E-state index is 12.8. The first-order valence-electron chi connectivity index (χ1n) is 5.05. The van der Waals surface area contributed by atoms with Crippen LogP contribution in [-0.2, 0) is 20.8 Å². The zero-order chi connectivity index (χ0) is 13.5. The number of rotatable bonds is 6. The lowest BCUT2D eigenvalue weighted by atomic mass is 10.1. The molecule has 0 saturated heterocycles. The van der Waals surface area contributed by atoms with Crippen LogP contribution in [0.5, 0.6) is 0 Å². The molecule has 0 aliphatic rings. The Morgan fingerprint density at radius 2 is 2.00 bits per heavy atom. The molecule has 0 radical (unpaired) electrons. The standard InChI is InChI=1S/C11H11F2NO4/c12-8-3-1-7(5-9(8)13)2-4-10(15)14-18-6-11(16)17/h1,3,5H,2,4,6H2,(H,14,15)(H,16,17). The highest BCUT2D eigenvalue weighted by Gasteiger charge is 2.06. The van der Waals surface area contributed by atoms with Gasteiger partial charge in [0.15, 0.2) is 18.2 Å². The number of halogens is 2. The molecule has 1 aromatic carbocycles. The molecule has 0 spiro atoms. The van der Waals surface area contributed by atoms with Crippen molar-refractivity contribution in [3.8, 4) is 0 Å². The monoisotopic (exact) mass is 259 g/mol. The summed E-state index contributed by atoms with van der Waals surface area (Å²) in [7, 11) is 0. The fourth-order valence-corrected chi connectivity index (χ4v) is 1.18. The van der Waals surface area contributed by atoms with Crippen LogP contribution in [0.2, 0.25) is 0 Å². The van der Waals surface area contributed by atoms with Gasteiger partial charge in [0, 0.05) is 6.42 Å². The molecular weight excluding hydrogens is 248 g/mol. The van der Waals surface area contributed by atoms with Crippen molar-refractivity contribution >= 4 is 11.9 Å². The Balaban J connectivity index is 2.33. The van der Waals surface area contributed by atoms with Crippen LogP contribution >= 0.6 is 0 Å². The number of hydroxylamine groups is 1. The van der Waals surface area contributed by atoms with E-state index in [4.69, 9.17) is 5.11 Å². The molecule has 0 aliphatic carbocycles. The second-order valence-corrected chi connectivity index (χ2v) is 3.46. The van der Waals surface area contributed by atoms with E-state index in [1.807, 2.05) is 5.48 Å². The second kappa shape index (κ2) is 6.65. The van der Waals surface area contributed by atoms with Crippen molar-refractivity contribution in [2.45, 2.75) is 12.8 Å². The number of hydrogen-bond donors (Lipinski definition) is 2. The third kappa shape index (κ3) is 4.88. The topological polar surface area (TPSA) is 75.6 Å². The van der Waals surface area contributed by atoms with Gasteiger partial charge < -0.3 is 5.11 Å². The number of nitrogens with one attached hydrogen (secondary N) is 1. The van der Waals surface area contributed by atoms with E-state index in [1.165, 1.54) is 6.07 Å². The molecule has 0 unspecified atom stereocenters. The summed E-state index contributed by atoms with van der Waals surface area (Å²) in [5.41, 5.74) is 2.38. The lowest BCUT2D eigenvalue weighted by Gasteiger charge is -2.04. The molecule has 98 valence electrons. The summed E-state index contributed by atoms with van der Waals surface area (Å²) < 4.78 is 25.4. The van der Waals surface area contributed by atoms with Gasteiger partial charge in [0.2, 0.25) is 5.91 Å². The van der Waals surface area contributed by atoms with Crippen molar-refractivity contribution < 1.29 is 28.3 Å². The summed E-state index contributed by atoms with van der Waals surface area (Å²) in [4.78, 5) is 25.6. The molecule has 0 bridgehead atoms. The van der Waals surface area contributed by atoms with Gasteiger partial charge in [0.05, 0.1) is 0 Å². The summed E-state index contributed by atoms with van der Waals surface area (Å²) in [5, 5.41) is 8.24. The van der Waals surface area contributed by atoms with Crippen LogP contribution in [0.3, 0.4) is 0 Å². The predicted molar refractivity (Wildman–Crippen MR) is 56.4 cm³/mol. The Hall–Kier alpha value is -2.02. The Morgan fingerprint density at radius 1 is 1.28 bits per heavy atom. The molecule has 5 nitrogen and oxygen atoms in total. The highest BCUT2D eigenvalue weighted by Crippen LogP contribution is 2.10. The number of carbonyl (C=O) groups excluding carboxylic acids is 1. The van der Waals surface area contributed by atoms with E-state index in [0.717, 1.165) is 12.1 Å². The van der Waals surface area contributed by atoms with Crippen LogP contribution in [0, 0.1) is 11.6 Å². The van der Waals surface area contributed by atoms with Crippen molar-refractivity contribution in [1.82, 2.24) is 5.48 Å². The van der Waals surface area contributed by atoms with Crippen molar-refractivity contribution in [2.24, 2.45) is 0 Å². The number of benzene rings is 1. The van der Waals surface area contributed by atoms with Crippen molar-refractivity contribution in [2.75, 3.05) is 6.61 Å². The fraction of sp³-hybridized carbons (Fsp3) is 0.273. The smallest absolute Gasteiger partial charge is 0.332 e. The van der Waals surface area contributed by atoms with E-state index in [2.05, 4.69) is 4.84 Å². The van der Waals surface area contributed by atoms with Gasteiger partial charge in [-0.2, -0.15) is 0 Å². The van der Waals surface area contributed by atoms with Gasteiger partial charge in [-0.15, -0.1) is 0 Å². The predicted octanol–water partition coefficient (Wildman–Crippen LogP) is 1.03. The molecule has 0 atom stereocenters. The highest BCUT2D eigenvalue weighted by molar-refractivity contribution is 5.75. The Labute approximate surface area is 101 Å². The maximum Gasteiger partial charge on any atom is 0.332 e. The molecule has 18 heavy (non-hydrogen) atoms. The molecule has 0 aliphatic heterocycles. The van der Waals surface area contributed by atoms with Crippen molar-refractivity contribution in [3.63, 3.8) is 0 Å². The lowest BCUT2D eigenvalue weighted by Crippen LogP contribution is -2.26. The van der Waals surface area contributed by atoms with Gasteiger partial charge >= 0.3 is 5.97 Å². The van der Waals surface area contributed by atoms with Crippen LogP contribution in [0.4, 0.5) is 8.78 Å². The number of aryl methyl sites for hydroxylation is 1. The minimum Gasteiger partial charge on any atom is -0.479 e. The van der Waals surface area contributed by atoms with E-state index in [-0.39, 0.29) is 12.8 Å². The zero-order valence-corrected chi connectivity index (χ0v) is 9.28. The zero-order valence-electron chi connectivity index (χ0n) is 9.28.